The summed E-state index contributed by atoms with van der Waals surface area (Å²) in [5.41, 5.74) is 4.59. The van der Waals surface area contributed by atoms with Crippen LogP contribution in [0.2, 0.25) is 0 Å². The van der Waals surface area contributed by atoms with Crippen molar-refractivity contribution in [3.8, 4) is 0 Å². The van der Waals surface area contributed by atoms with E-state index >= 15 is 0 Å². The molecule has 2 aromatic heterocycles. The molecule has 2 heterocycles. The highest BCUT2D eigenvalue weighted by atomic mass is 35.5. The molecule has 0 atom stereocenters. The number of hydrogen-bond acceptors (Lipinski definition) is 2. The highest BCUT2D eigenvalue weighted by Crippen LogP contribution is 2.19. The second-order valence-corrected chi connectivity index (χ2v) is 5.27. The van der Waals surface area contributed by atoms with Crippen LogP contribution >= 0.6 is 11.6 Å². The first-order valence-corrected chi connectivity index (χ1v) is 7.21. The van der Waals surface area contributed by atoms with Gasteiger partial charge in [-0.2, -0.15) is 5.10 Å². The molecule has 0 bridgehead atoms. The molecule has 1 aromatic carbocycles. The Morgan fingerprint density at radius 2 is 2.10 bits per heavy atom. The number of aryl methyl sites for hydroxylation is 4. The van der Waals surface area contributed by atoms with Crippen LogP contribution in [-0.4, -0.2) is 19.3 Å². The van der Waals surface area contributed by atoms with Crippen LogP contribution in [0.25, 0.3) is 11.0 Å². The van der Waals surface area contributed by atoms with Crippen molar-refractivity contribution < 1.29 is 0 Å². The minimum Gasteiger partial charge on any atom is -0.327 e. The summed E-state index contributed by atoms with van der Waals surface area (Å²) in [4.78, 5) is 4.62. The first-order chi connectivity index (χ1) is 9.69. The number of fused-ring (bicyclic) bond motifs is 1. The number of aromatic nitrogens is 4. The average Bonchev–Trinajstić information content (AvgIpc) is 2.99. The Kier molecular flexibility index (Phi) is 3.49. The average molecular weight is 289 g/mol. The van der Waals surface area contributed by atoms with Gasteiger partial charge in [0.1, 0.15) is 5.82 Å². The van der Waals surface area contributed by atoms with E-state index in [1.165, 1.54) is 11.3 Å². The highest BCUT2D eigenvalue weighted by Gasteiger charge is 2.10. The van der Waals surface area contributed by atoms with Gasteiger partial charge in [-0.3, -0.25) is 4.68 Å². The molecule has 104 valence electrons. The minimum absolute atomic E-state index is 0.430. The lowest BCUT2D eigenvalue weighted by molar-refractivity contribution is 0.634. The highest BCUT2D eigenvalue weighted by molar-refractivity contribution is 6.16. The second-order valence-electron chi connectivity index (χ2n) is 5.00. The summed E-state index contributed by atoms with van der Waals surface area (Å²) in [5, 5.41) is 4.20. The summed E-state index contributed by atoms with van der Waals surface area (Å²) >= 11 is 6.03. The van der Waals surface area contributed by atoms with Crippen molar-refractivity contribution in [2.75, 3.05) is 0 Å². The van der Waals surface area contributed by atoms with Crippen molar-refractivity contribution in [1.29, 1.82) is 0 Å². The Morgan fingerprint density at radius 1 is 1.25 bits per heavy atom. The van der Waals surface area contributed by atoms with Gasteiger partial charge in [0.05, 0.1) is 16.9 Å². The molecule has 0 aliphatic heterocycles. The molecule has 4 nitrogen and oxygen atoms in total. The molecule has 5 heteroatoms. The van der Waals surface area contributed by atoms with Gasteiger partial charge >= 0.3 is 0 Å². The van der Waals surface area contributed by atoms with Gasteiger partial charge in [0.2, 0.25) is 0 Å². The first kappa shape index (κ1) is 13.2. The lowest BCUT2D eigenvalue weighted by Gasteiger charge is -2.08. The van der Waals surface area contributed by atoms with E-state index < -0.39 is 0 Å². The molecule has 0 saturated heterocycles. The van der Waals surface area contributed by atoms with Crippen LogP contribution in [0, 0.1) is 6.92 Å². The molecule has 0 aliphatic rings. The molecule has 3 rings (SSSR count). The standard InChI is InChI=1S/C15H17ClN4/c1-11-3-4-14-13(9-11)18-15(10-16)20(14)8-6-12-5-7-17-19(12)2/h3-5,7,9H,6,8,10H2,1-2H3. The van der Waals surface area contributed by atoms with E-state index in [9.17, 15) is 0 Å². The number of halogens is 1. The number of benzene rings is 1. The van der Waals surface area contributed by atoms with Crippen molar-refractivity contribution in [3.05, 3.63) is 47.5 Å². The summed E-state index contributed by atoms with van der Waals surface area (Å²) in [6, 6.07) is 8.38. The van der Waals surface area contributed by atoms with Crippen molar-refractivity contribution in [1.82, 2.24) is 19.3 Å². The van der Waals surface area contributed by atoms with Gasteiger partial charge in [0.15, 0.2) is 0 Å². The van der Waals surface area contributed by atoms with Crippen molar-refractivity contribution in [3.63, 3.8) is 0 Å². The summed E-state index contributed by atoms with van der Waals surface area (Å²) in [6.07, 6.45) is 2.74. The fraction of sp³-hybridized carbons (Fsp3) is 0.333. The summed E-state index contributed by atoms with van der Waals surface area (Å²) < 4.78 is 4.11. The molecule has 0 aliphatic carbocycles. The number of alkyl halides is 1. The van der Waals surface area contributed by atoms with Gasteiger partial charge in [-0.1, -0.05) is 6.07 Å². The molecule has 0 saturated carbocycles. The van der Waals surface area contributed by atoms with Crippen LogP contribution in [0.3, 0.4) is 0 Å². The molecule has 0 radical (unpaired) electrons. The Labute approximate surface area is 123 Å². The zero-order valence-corrected chi connectivity index (χ0v) is 12.4. The predicted octanol–water partition coefficient (Wildman–Crippen LogP) is 3.06. The Hall–Kier alpha value is -1.81. The Morgan fingerprint density at radius 3 is 2.80 bits per heavy atom. The van der Waals surface area contributed by atoms with Crippen LogP contribution < -0.4 is 0 Å². The van der Waals surface area contributed by atoms with Crippen molar-refractivity contribution in [2.24, 2.45) is 7.05 Å². The fourth-order valence-corrected chi connectivity index (χ4v) is 2.72. The van der Waals surface area contributed by atoms with E-state index in [1.54, 1.807) is 0 Å². The predicted molar refractivity (Wildman–Crippen MR) is 80.9 cm³/mol. The van der Waals surface area contributed by atoms with Gasteiger partial charge in [0.25, 0.3) is 0 Å². The third kappa shape index (κ3) is 2.31. The number of nitrogens with zero attached hydrogens (tertiary/aromatic N) is 4. The summed E-state index contributed by atoms with van der Waals surface area (Å²) in [6.45, 7) is 2.94. The maximum Gasteiger partial charge on any atom is 0.124 e. The van der Waals surface area contributed by atoms with E-state index in [0.29, 0.717) is 5.88 Å². The lowest BCUT2D eigenvalue weighted by atomic mass is 10.2. The van der Waals surface area contributed by atoms with Crippen LogP contribution in [0.5, 0.6) is 0 Å². The van der Waals surface area contributed by atoms with Crippen molar-refractivity contribution in [2.45, 2.75) is 25.8 Å². The Bertz CT molecular complexity index is 741. The Balaban J connectivity index is 1.95. The van der Waals surface area contributed by atoms with E-state index in [4.69, 9.17) is 11.6 Å². The van der Waals surface area contributed by atoms with E-state index in [1.807, 2.05) is 24.0 Å². The van der Waals surface area contributed by atoms with E-state index in [2.05, 4.69) is 39.8 Å². The minimum atomic E-state index is 0.430. The smallest absolute Gasteiger partial charge is 0.124 e. The molecule has 0 fully saturated rings. The lowest BCUT2D eigenvalue weighted by Crippen LogP contribution is -2.07. The topological polar surface area (TPSA) is 35.6 Å². The van der Waals surface area contributed by atoms with Gasteiger partial charge < -0.3 is 4.57 Å². The second kappa shape index (κ2) is 5.29. The zero-order valence-electron chi connectivity index (χ0n) is 11.7. The number of imidazole rings is 1. The molecular weight excluding hydrogens is 272 g/mol. The summed E-state index contributed by atoms with van der Waals surface area (Å²) in [5.74, 6) is 1.36. The molecule has 3 aromatic rings. The van der Waals surface area contributed by atoms with Crippen LogP contribution in [-0.2, 0) is 25.9 Å². The first-order valence-electron chi connectivity index (χ1n) is 6.67. The largest absolute Gasteiger partial charge is 0.327 e. The number of hydrogen-bond donors (Lipinski definition) is 0. The molecule has 0 unspecified atom stereocenters. The SMILES string of the molecule is Cc1ccc2c(c1)nc(CCl)n2CCc1ccnn1C. The third-order valence-corrected chi connectivity index (χ3v) is 3.86. The fourth-order valence-electron chi connectivity index (χ4n) is 2.51. The molecule has 0 N–H and O–H groups in total. The zero-order chi connectivity index (χ0) is 14.1. The maximum absolute atomic E-state index is 6.03. The molecule has 0 amide bonds. The van der Waals surface area contributed by atoms with Crippen molar-refractivity contribution >= 4 is 22.6 Å². The van der Waals surface area contributed by atoms with E-state index in [-0.39, 0.29) is 0 Å². The molecular formula is C15H17ClN4. The van der Waals surface area contributed by atoms with Crippen LogP contribution in [0.15, 0.2) is 30.5 Å². The molecule has 20 heavy (non-hydrogen) atoms. The van der Waals surface area contributed by atoms with Gasteiger partial charge in [-0.05, 0) is 30.7 Å². The van der Waals surface area contributed by atoms with Gasteiger partial charge in [-0.15, -0.1) is 11.6 Å². The normalized spacial score (nSPS) is 11.3. The monoisotopic (exact) mass is 288 g/mol. The van der Waals surface area contributed by atoms with Gasteiger partial charge in [0, 0.05) is 31.9 Å². The van der Waals surface area contributed by atoms with Crippen LogP contribution in [0.1, 0.15) is 17.1 Å². The molecule has 0 spiro atoms. The number of rotatable bonds is 4. The third-order valence-electron chi connectivity index (χ3n) is 3.62. The summed E-state index contributed by atoms with van der Waals surface area (Å²) in [7, 11) is 1.97. The van der Waals surface area contributed by atoms with Crippen LogP contribution in [0.4, 0.5) is 0 Å². The quantitative estimate of drug-likeness (QED) is 0.692. The van der Waals surface area contributed by atoms with Gasteiger partial charge in [-0.25, -0.2) is 4.98 Å². The maximum atomic E-state index is 6.03. The van der Waals surface area contributed by atoms with E-state index in [0.717, 1.165) is 29.8 Å².